The van der Waals surface area contributed by atoms with Gasteiger partial charge in [0.05, 0.1) is 4.90 Å². The van der Waals surface area contributed by atoms with Crippen LogP contribution in [0.2, 0.25) is 5.02 Å². The van der Waals surface area contributed by atoms with Crippen molar-refractivity contribution in [3.05, 3.63) is 89.4 Å². The molecular weight excluding hydrogens is 384 g/mol. The van der Waals surface area contributed by atoms with E-state index < -0.39 is 10.0 Å². The zero-order chi connectivity index (χ0) is 19.4. The van der Waals surface area contributed by atoms with Gasteiger partial charge in [-0.15, -0.1) is 0 Å². The molecule has 0 radical (unpaired) electrons. The fourth-order valence-electron chi connectivity index (χ4n) is 2.47. The van der Waals surface area contributed by atoms with Crippen molar-refractivity contribution < 1.29 is 13.2 Å². The number of amides is 1. The molecule has 0 saturated carbocycles. The summed E-state index contributed by atoms with van der Waals surface area (Å²) in [4.78, 5) is 14.2. The molecule has 27 heavy (non-hydrogen) atoms. The molecule has 3 aromatic rings. The predicted octanol–water partition coefficient (Wildman–Crippen LogP) is 4.42. The molecule has 0 heterocycles. The van der Waals surface area contributed by atoms with Crippen LogP contribution in [-0.4, -0.2) is 21.4 Å². The second-order valence-electron chi connectivity index (χ2n) is 5.84. The first-order valence-electron chi connectivity index (χ1n) is 8.08. The summed E-state index contributed by atoms with van der Waals surface area (Å²) < 4.78 is 27.2. The van der Waals surface area contributed by atoms with Crippen molar-refractivity contribution in [2.24, 2.45) is 0 Å². The molecule has 0 unspecified atom stereocenters. The molecule has 0 spiro atoms. The molecule has 3 aromatic carbocycles. The number of carbonyl (C=O) groups is 1. The van der Waals surface area contributed by atoms with Gasteiger partial charge in [0.2, 0.25) is 0 Å². The summed E-state index contributed by atoms with van der Waals surface area (Å²) in [5, 5.41) is 0.559. The standard InChI is InChI=1S/C20H17ClN2O3S/c1-23(20(24)15-7-9-16(21)10-8-15)18-13-11-17(12-14-18)22-27(25,26)19-5-3-2-4-6-19/h2-14,22H,1H3. The van der Waals surface area contributed by atoms with Crippen molar-refractivity contribution in [2.45, 2.75) is 4.90 Å². The molecular formula is C20H17ClN2O3S. The summed E-state index contributed by atoms with van der Waals surface area (Å²) in [6, 6.07) is 21.3. The molecule has 138 valence electrons. The molecule has 0 bridgehead atoms. The van der Waals surface area contributed by atoms with E-state index >= 15 is 0 Å². The second kappa shape index (κ2) is 7.82. The van der Waals surface area contributed by atoms with E-state index in [1.54, 1.807) is 73.8 Å². The summed E-state index contributed by atoms with van der Waals surface area (Å²) in [5.74, 6) is -0.190. The van der Waals surface area contributed by atoms with Crippen molar-refractivity contribution in [2.75, 3.05) is 16.7 Å². The molecule has 0 fully saturated rings. The van der Waals surface area contributed by atoms with Gasteiger partial charge in [0.15, 0.2) is 0 Å². The van der Waals surface area contributed by atoms with Gasteiger partial charge in [-0.25, -0.2) is 8.42 Å². The minimum absolute atomic E-state index is 0.184. The molecule has 0 aliphatic heterocycles. The average Bonchev–Trinajstić information content (AvgIpc) is 2.68. The second-order valence-corrected chi connectivity index (χ2v) is 7.96. The summed E-state index contributed by atoms with van der Waals surface area (Å²) in [7, 11) is -2.00. The Labute approximate surface area is 163 Å². The molecule has 7 heteroatoms. The normalized spacial score (nSPS) is 11.0. The number of carbonyl (C=O) groups excluding carboxylic acids is 1. The Bertz CT molecular complexity index is 1030. The molecule has 0 aromatic heterocycles. The maximum Gasteiger partial charge on any atom is 0.261 e. The highest BCUT2D eigenvalue weighted by molar-refractivity contribution is 7.92. The lowest BCUT2D eigenvalue weighted by Gasteiger charge is -2.18. The largest absolute Gasteiger partial charge is 0.311 e. The van der Waals surface area contributed by atoms with E-state index in [0.717, 1.165) is 0 Å². The fraction of sp³-hybridized carbons (Fsp3) is 0.0500. The summed E-state index contributed by atoms with van der Waals surface area (Å²) in [5.41, 5.74) is 1.56. The SMILES string of the molecule is CN(C(=O)c1ccc(Cl)cc1)c1ccc(NS(=O)(=O)c2ccccc2)cc1. The number of hydrogen-bond donors (Lipinski definition) is 1. The van der Waals surface area contributed by atoms with Gasteiger partial charge in [-0.05, 0) is 60.7 Å². The van der Waals surface area contributed by atoms with Crippen LogP contribution in [0.3, 0.4) is 0 Å². The van der Waals surface area contributed by atoms with Crippen LogP contribution in [0.25, 0.3) is 0 Å². The van der Waals surface area contributed by atoms with E-state index in [-0.39, 0.29) is 10.8 Å². The van der Waals surface area contributed by atoms with Crippen LogP contribution in [-0.2, 0) is 10.0 Å². The quantitative estimate of drug-likeness (QED) is 0.689. The maximum atomic E-state index is 12.5. The molecule has 0 aliphatic rings. The highest BCUT2D eigenvalue weighted by Crippen LogP contribution is 2.21. The van der Waals surface area contributed by atoms with Crippen molar-refractivity contribution in [3.8, 4) is 0 Å². The van der Waals surface area contributed by atoms with Gasteiger partial charge in [0, 0.05) is 29.0 Å². The molecule has 1 amide bonds. The number of nitrogens with zero attached hydrogens (tertiary/aromatic N) is 1. The summed E-state index contributed by atoms with van der Waals surface area (Å²) >= 11 is 5.85. The highest BCUT2D eigenvalue weighted by atomic mass is 35.5. The van der Waals surface area contributed by atoms with Crippen LogP contribution >= 0.6 is 11.6 Å². The fourth-order valence-corrected chi connectivity index (χ4v) is 3.68. The number of rotatable bonds is 5. The van der Waals surface area contributed by atoms with E-state index in [9.17, 15) is 13.2 Å². The minimum Gasteiger partial charge on any atom is -0.311 e. The molecule has 0 aliphatic carbocycles. The Balaban J connectivity index is 1.75. The lowest BCUT2D eigenvalue weighted by Crippen LogP contribution is -2.26. The van der Waals surface area contributed by atoms with Gasteiger partial charge >= 0.3 is 0 Å². The van der Waals surface area contributed by atoms with Gasteiger partial charge in [0.1, 0.15) is 0 Å². The van der Waals surface area contributed by atoms with Crippen LogP contribution < -0.4 is 9.62 Å². The third-order valence-corrected chi connectivity index (χ3v) is 5.61. The number of nitrogens with one attached hydrogen (secondary N) is 1. The summed E-state index contributed by atoms with van der Waals surface area (Å²) in [6.07, 6.45) is 0. The molecule has 5 nitrogen and oxygen atoms in total. The Morgan fingerprint density at radius 2 is 1.48 bits per heavy atom. The van der Waals surface area contributed by atoms with Crippen LogP contribution in [0.15, 0.2) is 83.8 Å². The first-order chi connectivity index (χ1) is 12.9. The van der Waals surface area contributed by atoms with E-state index in [1.807, 2.05) is 0 Å². The van der Waals surface area contributed by atoms with Crippen LogP contribution in [0.4, 0.5) is 11.4 Å². The average molecular weight is 401 g/mol. The zero-order valence-electron chi connectivity index (χ0n) is 14.5. The number of benzene rings is 3. The van der Waals surface area contributed by atoms with E-state index in [2.05, 4.69) is 4.72 Å². The zero-order valence-corrected chi connectivity index (χ0v) is 16.0. The van der Waals surface area contributed by atoms with Crippen molar-refractivity contribution in [1.29, 1.82) is 0 Å². The number of halogens is 1. The molecule has 1 N–H and O–H groups in total. The smallest absolute Gasteiger partial charge is 0.261 e. The number of hydrogen-bond acceptors (Lipinski definition) is 3. The van der Waals surface area contributed by atoms with Gasteiger partial charge < -0.3 is 4.90 Å². The third-order valence-electron chi connectivity index (χ3n) is 3.96. The Kier molecular flexibility index (Phi) is 5.48. The van der Waals surface area contributed by atoms with Crippen molar-refractivity contribution in [3.63, 3.8) is 0 Å². The van der Waals surface area contributed by atoms with Crippen LogP contribution in [0.1, 0.15) is 10.4 Å². The van der Waals surface area contributed by atoms with E-state index in [0.29, 0.717) is 22.0 Å². The molecule has 0 saturated heterocycles. The topological polar surface area (TPSA) is 66.5 Å². The van der Waals surface area contributed by atoms with Crippen LogP contribution in [0.5, 0.6) is 0 Å². The first kappa shape index (κ1) is 18.9. The lowest BCUT2D eigenvalue weighted by atomic mass is 10.2. The number of anilines is 2. The number of sulfonamides is 1. The lowest BCUT2D eigenvalue weighted by molar-refractivity contribution is 0.0993. The summed E-state index contributed by atoms with van der Waals surface area (Å²) in [6.45, 7) is 0. The highest BCUT2D eigenvalue weighted by Gasteiger charge is 2.15. The molecule has 3 rings (SSSR count). The molecule has 0 atom stereocenters. The van der Waals surface area contributed by atoms with Gasteiger partial charge in [-0.1, -0.05) is 29.8 Å². The minimum atomic E-state index is -3.65. The van der Waals surface area contributed by atoms with Crippen molar-refractivity contribution >= 4 is 38.9 Å². The predicted molar refractivity (Wildman–Crippen MR) is 108 cm³/mol. The van der Waals surface area contributed by atoms with Gasteiger partial charge in [0.25, 0.3) is 15.9 Å². The van der Waals surface area contributed by atoms with Gasteiger partial charge in [-0.2, -0.15) is 0 Å². The van der Waals surface area contributed by atoms with Crippen LogP contribution in [0, 0.1) is 0 Å². The van der Waals surface area contributed by atoms with E-state index in [1.165, 1.54) is 17.0 Å². The van der Waals surface area contributed by atoms with E-state index in [4.69, 9.17) is 11.6 Å². The Morgan fingerprint density at radius 3 is 2.07 bits per heavy atom. The first-order valence-corrected chi connectivity index (χ1v) is 9.94. The Hall–Kier alpha value is -2.83. The van der Waals surface area contributed by atoms with Gasteiger partial charge in [-0.3, -0.25) is 9.52 Å². The Morgan fingerprint density at radius 1 is 0.889 bits per heavy atom. The third kappa shape index (κ3) is 4.48. The monoisotopic (exact) mass is 400 g/mol. The van der Waals surface area contributed by atoms with Crippen molar-refractivity contribution in [1.82, 2.24) is 0 Å². The maximum absolute atomic E-state index is 12.5.